The van der Waals surface area contributed by atoms with Gasteiger partial charge in [0, 0.05) is 19.3 Å². The SMILES string of the molecule is CN1CCOC(Cn2c(N)nc3cc(Cl)cnc32)C1. The number of ether oxygens (including phenoxy) is 1. The summed E-state index contributed by atoms with van der Waals surface area (Å²) in [4.78, 5) is 10.8. The lowest BCUT2D eigenvalue weighted by atomic mass is 10.3. The average Bonchev–Trinajstić information content (AvgIpc) is 2.65. The van der Waals surface area contributed by atoms with Crippen molar-refractivity contribution in [3.8, 4) is 0 Å². The van der Waals surface area contributed by atoms with Gasteiger partial charge in [-0.05, 0) is 13.1 Å². The van der Waals surface area contributed by atoms with Gasteiger partial charge < -0.3 is 15.4 Å². The van der Waals surface area contributed by atoms with Crippen molar-refractivity contribution < 1.29 is 4.74 Å². The van der Waals surface area contributed by atoms with E-state index >= 15 is 0 Å². The van der Waals surface area contributed by atoms with Gasteiger partial charge in [-0.2, -0.15) is 0 Å². The van der Waals surface area contributed by atoms with Gasteiger partial charge in [0.1, 0.15) is 5.52 Å². The predicted octanol–water partition coefficient (Wildman–Crippen LogP) is 0.998. The quantitative estimate of drug-likeness (QED) is 0.889. The van der Waals surface area contributed by atoms with Gasteiger partial charge in [0.05, 0.1) is 24.3 Å². The van der Waals surface area contributed by atoms with Gasteiger partial charge >= 0.3 is 0 Å². The molecule has 0 spiro atoms. The molecule has 3 heterocycles. The van der Waals surface area contributed by atoms with E-state index < -0.39 is 0 Å². The second-order valence-corrected chi connectivity index (χ2v) is 5.27. The molecule has 0 amide bonds. The van der Waals surface area contributed by atoms with Crippen molar-refractivity contribution in [1.29, 1.82) is 0 Å². The Labute approximate surface area is 116 Å². The molecule has 0 aliphatic carbocycles. The highest BCUT2D eigenvalue weighted by Crippen LogP contribution is 2.20. The van der Waals surface area contributed by atoms with Crippen LogP contribution in [0.3, 0.4) is 0 Å². The van der Waals surface area contributed by atoms with Crippen LogP contribution in [-0.4, -0.2) is 52.3 Å². The van der Waals surface area contributed by atoms with Crippen molar-refractivity contribution in [2.45, 2.75) is 12.6 Å². The van der Waals surface area contributed by atoms with Crippen LogP contribution in [-0.2, 0) is 11.3 Å². The topological polar surface area (TPSA) is 69.2 Å². The smallest absolute Gasteiger partial charge is 0.202 e. The van der Waals surface area contributed by atoms with E-state index in [4.69, 9.17) is 22.1 Å². The number of pyridine rings is 1. The lowest BCUT2D eigenvalue weighted by Crippen LogP contribution is -2.42. The Bertz CT molecular complexity index is 599. The van der Waals surface area contributed by atoms with Crippen LogP contribution in [0.1, 0.15) is 0 Å². The van der Waals surface area contributed by atoms with E-state index in [9.17, 15) is 0 Å². The fourth-order valence-electron chi connectivity index (χ4n) is 2.36. The van der Waals surface area contributed by atoms with Crippen molar-refractivity contribution in [1.82, 2.24) is 19.4 Å². The number of fused-ring (bicyclic) bond motifs is 1. The molecule has 2 aromatic rings. The number of halogens is 1. The standard InChI is InChI=1S/C12H16ClN5O/c1-17-2-3-19-9(6-17)7-18-11-10(16-12(18)14)4-8(13)5-15-11/h4-5,9H,2-3,6-7H2,1H3,(H2,14,16). The molecule has 102 valence electrons. The number of anilines is 1. The number of nitrogen functional groups attached to an aromatic ring is 1. The maximum Gasteiger partial charge on any atom is 0.202 e. The molecule has 0 saturated carbocycles. The molecule has 3 rings (SSSR count). The van der Waals surface area contributed by atoms with Gasteiger partial charge in [0.2, 0.25) is 5.95 Å². The number of nitrogens with two attached hydrogens (primary N) is 1. The van der Waals surface area contributed by atoms with E-state index in [1.807, 2.05) is 4.57 Å². The summed E-state index contributed by atoms with van der Waals surface area (Å²) in [5.74, 6) is 0.446. The molecule has 1 atom stereocenters. The van der Waals surface area contributed by atoms with Crippen molar-refractivity contribution in [2.24, 2.45) is 0 Å². The van der Waals surface area contributed by atoms with Crippen LogP contribution >= 0.6 is 11.6 Å². The summed E-state index contributed by atoms with van der Waals surface area (Å²) in [7, 11) is 2.09. The number of nitrogens with zero attached hydrogens (tertiary/aromatic N) is 4. The summed E-state index contributed by atoms with van der Waals surface area (Å²) < 4.78 is 7.63. The Hall–Kier alpha value is -1.37. The Morgan fingerprint density at radius 2 is 2.42 bits per heavy atom. The Morgan fingerprint density at radius 1 is 1.58 bits per heavy atom. The monoisotopic (exact) mass is 281 g/mol. The lowest BCUT2D eigenvalue weighted by molar-refractivity contribution is -0.0267. The van der Waals surface area contributed by atoms with E-state index in [0.717, 1.165) is 25.3 Å². The van der Waals surface area contributed by atoms with Gasteiger partial charge in [-0.15, -0.1) is 0 Å². The zero-order valence-electron chi connectivity index (χ0n) is 10.7. The Kier molecular flexibility index (Phi) is 3.30. The fraction of sp³-hybridized carbons (Fsp3) is 0.500. The molecular weight excluding hydrogens is 266 g/mol. The first-order valence-corrected chi connectivity index (χ1v) is 6.58. The van der Waals surface area contributed by atoms with E-state index in [-0.39, 0.29) is 6.10 Å². The molecule has 1 aliphatic heterocycles. The van der Waals surface area contributed by atoms with Crippen molar-refractivity contribution >= 4 is 28.7 Å². The van der Waals surface area contributed by atoms with Crippen LogP contribution in [0.5, 0.6) is 0 Å². The van der Waals surface area contributed by atoms with Crippen LogP contribution in [0.2, 0.25) is 5.02 Å². The maximum absolute atomic E-state index is 5.95. The number of likely N-dealkylation sites (N-methyl/N-ethyl adjacent to an activating group) is 1. The minimum absolute atomic E-state index is 0.107. The molecule has 0 radical (unpaired) electrons. The maximum atomic E-state index is 5.95. The molecule has 2 aromatic heterocycles. The highest BCUT2D eigenvalue weighted by molar-refractivity contribution is 6.31. The second-order valence-electron chi connectivity index (χ2n) is 4.83. The van der Waals surface area contributed by atoms with E-state index in [0.29, 0.717) is 23.0 Å². The van der Waals surface area contributed by atoms with Crippen molar-refractivity contribution in [2.75, 3.05) is 32.5 Å². The number of aromatic nitrogens is 3. The van der Waals surface area contributed by atoms with Crippen molar-refractivity contribution in [3.05, 3.63) is 17.3 Å². The molecule has 0 aromatic carbocycles. The molecule has 19 heavy (non-hydrogen) atoms. The molecule has 6 nitrogen and oxygen atoms in total. The first-order valence-electron chi connectivity index (χ1n) is 6.21. The van der Waals surface area contributed by atoms with Crippen LogP contribution in [0, 0.1) is 0 Å². The first-order chi connectivity index (χ1) is 9.13. The second kappa shape index (κ2) is 4.96. The molecule has 2 N–H and O–H groups in total. The van der Waals surface area contributed by atoms with Crippen LogP contribution in [0.15, 0.2) is 12.3 Å². The molecule has 1 saturated heterocycles. The summed E-state index contributed by atoms with van der Waals surface area (Å²) in [5, 5.41) is 0.561. The largest absolute Gasteiger partial charge is 0.374 e. The Morgan fingerprint density at radius 3 is 3.21 bits per heavy atom. The molecule has 7 heteroatoms. The third kappa shape index (κ3) is 2.51. The summed E-state index contributed by atoms with van der Waals surface area (Å²) in [6.07, 6.45) is 1.71. The highest BCUT2D eigenvalue weighted by atomic mass is 35.5. The van der Waals surface area contributed by atoms with Crippen LogP contribution in [0.25, 0.3) is 11.2 Å². The highest BCUT2D eigenvalue weighted by Gasteiger charge is 2.20. The zero-order valence-corrected chi connectivity index (χ0v) is 11.5. The van der Waals surface area contributed by atoms with Gasteiger partial charge in [0.15, 0.2) is 5.65 Å². The molecule has 1 unspecified atom stereocenters. The van der Waals surface area contributed by atoms with E-state index in [2.05, 4.69) is 21.9 Å². The van der Waals surface area contributed by atoms with Gasteiger partial charge in [-0.1, -0.05) is 11.6 Å². The van der Waals surface area contributed by atoms with Gasteiger partial charge in [-0.25, -0.2) is 9.97 Å². The summed E-state index contributed by atoms with van der Waals surface area (Å²) in [6, 6.07) is 1.77. The third-order valence-electron chi connectivity index (χ3n) is 3.31. The van der Waals surface area contributed by atoms with E-state index in [1.165, 1.54) is 0 Å². The number of imidazole rings is 1. The van der Waals surface area contributed by atoms with Crippen LogP contribution in [0.4, 0.5) is 5.95 Å². The van der Waals surface area contributed by atoms with Gasteiger partial charge in [0.25, 0.3) is 0 Å². The zero-order chi connectivity index (χ0) is 13.4. The van der Waals surface area contributed by atoms with Crippen LogP contribution < -0.4 is 5.73 Å². The minimum atomic E-state index is 0.107. The lowest BCUT2D eigenvalue weighted by Gasteiger charge is -2.30. The van der Waals surface area contributed by atoms with Gasteiger partial charge in [-0.3, -0.25) is 4.57 Å². The number of morpholine rings is 1. The summed E-state index contributed by atoms with van der Waals surface area (Å²) >= 11 is 5.91. The third-order valence-corrected chi connectivity index (χ3v) is 3.52. The number of rotatable bonds is 2. The molecule has 0 bridgehead atoms. The summed E-state index contributed by atoms with van der Waals surface area (Å²) in [6.45, 7) is 3.24. The normalized spacial score (nSPS) is 21.1. The first kappa shape index (κ1) is 12.7. The number of hydrogen-bond acceptors (Lipinski definition) is 5. The fourth-order valence-corrected chi connectivity index (χ4v) is 2.52. The van der Waals surface area contributed by atoms with Crippen molar-refractivity contribution in [3.63, 3.8) is 0 Å². The predicted molar refractivity (Wildman–Crippen MR) is 74.2 cm³/mol. The molecule has 1 fully saturated rings. The molecular formula is C12H16ClN5O. The average molecular weight is 282 g/mol. The Balaban J connectivity index is 1.89. The van der Waals surface area contributed by atoms with E-state index in [1.54, 1.807) is 12.3 Å². The summed E-state index contributed by atoms with van der Waals surface area (Å²) in [5.41, 5.74) is 7.42. The minimum Gasteiger partial charge on any atom is -0.374 e. The number of hydrogen-bond donors (Lipinski definition) is 1. The molecule has 1 aliphatic rings.